The minimum atomic E-state index is 0.251. The predicted octanol–water partition coefficient (Wildman–Crippen LogP) is 1.74. The van der Waals surface area contributed by atoms with E-state index in [0.717, 1.165) is 30.2 Å². The van der Waals surface area contributed by atoms with E-state index in [1.807, 2.05) is 17.8 Å². The first-order valence-corrected chi connectivity index (χ1v) is 5.64. The average molecular weight is 197 g/mol. The Bertz CT molecular complexity index is 223. The molecule has 1 aliphatic rings. The molecule has 2 nitrogen and oxygen atoms in total. The topological polar surface area (TPSA) is 29.1 Å². The summed E-state index contributed by atoms with van der Waals surface area (Å²) >= 11 is 1.84. The number of thioether (sulfide) groups is 1. The van der Waals surface area contributed by atoms with Gasteiger partial charge in [-0.1, -0.05) is 6.08 Å². The summed E-state index contributed by atoms with van der Waals surface area (Å²) in [6, 6.07) is 0. The number of nitrogens with one attached hydrogen (secondary N) is 1. The van der Waals surface area contributed by atoms with Crippen LogP contribution in [0.4, 0.5) is 0 Å². The minimum Gasteiger partial charge on any atom is -0.387 e. The number of hydrogen-bond donors (Lipinski definition) is 1. The lowest BCUT2D eigenvalue weighted by atomic mass is 10.3. The van der Waals surface area contributed by atoms with Crippen LogP contribution in [0.2, 0.25) is 0 Å². The number of hydrogen-bond acceptors (Lipinski definition) is 3. The lowest BCUT2D eigenvalue weighted by Crippen LogP contribution is -2.15. The molecule has 13 heavy (non-hydrogen) atoms. The van der Waals surface area contributed by atoms with E-state index in [0.29, 0.717) is 6.42 Å². The summed E-state index contributed by atoms with van der Waals surface area (Å²) in [5, 5.41) is 3.26. The molecule has 72 valence electrons. The van der Waals surface area contributed by atoms with E-state index in [-0.39, 0.29) is 5.78 Å². The molecule has 0 aromatic heterocycles. The van der Waals surface area contributed by atoms with Gasteiger partial charge < -0.3 is 5.32 Å². The highest BCUT2D eigenvalue weighted by molar-refractivity contribution is 7.99. The summed E-state index contributed by atoms with van der Waals surface area (Å²) in [5.41, 5.74) is 1.10. The van der Waals surface area contributed by atoms with Crippen LogP contribution in [0, 0.1) is 0 Å². The van der Waals surface area contributed by atoms with Gasteiger partial charge in [-0.2, -0.15) is 11.8 Å². The second-order valence-electron chi connectivity index (χ2n) is 2.93. The molecule has 0 aliphatic heterocycles. The molecule has 0 unspecified atom stereocenters. The number of rotatable bonds is 6. The number of allylic oxidation sites excluding steroid dienone is 2. The SMILES string of the molecule is C=CCSCCNC1=CC(=O)CC1. The first-order valence-electron chi connectivity index (χ1n) is 4.49. The maximum Gasteiger partial charge on any atom is 0.157 e. The van der Waals surface area contributed by atoms with Crippen LogP contribution in [-0.2, 0) is 4.79 Å². The van der Waals surface area contributed by atoms with Gasteiger partial charge in [0.05, 0.1) is 0 Å². The van der Waals surface area contributed by atoms with Gasteiger partial charge in [-0.25, -0.2) is 0 Å². The molecule has 1 N–H and O–H groups in total. The Morgan fingerprint density at radius 2 is 2.46 bits per heavy atom. The van der Waals surface area contributed by atoms with Gasteiger partial charge in [-0.15, -0.1) is 6.58 Å². The minimum absolute atomic E-state index is 0.251. The van der Waals surface area contributed by atoms with Crippen LogP contribution >= 0.6 is 11.8 Å². The summed E-state index contributed by atoms with van der Waals surface area (Å²) < 4.78 is 0. The van der Waals surface area contributed by atoms with Crippen molar-refractivity contribution in [2.75, 3.05) is 18.1 Å². The molecule has 0 fully saturated rings. The van der Waals surface area contributed by atoms with Crippen molar-refractivity contribution in [1.29, 1.82) is 0 Å². The molecule has 0 saturated heterocycles. The molecule has 3 heteroatoms. The van der Waals surface area contributed by atoms with E-state index in [2.05, 4.69) is 11.9 Å². The molecule has 0 bridgehead atoms. The van der Waals surface area contributed by atoms with E-state index in [4.69, 9.17) is 0 Å². The van der Waals surface area contributed by atoms with Gasteiger partial charge in [-0.3, -0.25) is 4.79 Å². The summed E-state index contributed by atoms with van der Waals surface area (Å²) in [6.45, 7) is 4.59. The normalized spacial score (nSPS) is 15.7. The summed E-state index contributed by atoms with van der Waals surface area (Å²) in [6.07, 6.45) is 5.20. The third kappa shape index (κ3) is 4.18. The summed E-state index contributed by atoms with van der Waals surface area (Å²) in [4.78, 5) is 10.9. The quantitative estimate of drug-likeness (QED) is 0.519. The molecule has 0 aromatic carbocycles. The first kappa shape index (κ1) is 10.4. The van der Waals surface area contributed by atoms with E-state index in [1.165, 1.54) is 0 Å². The van der Waals surface area contributed by atoms with Crippen molar-refractivity contribution in [3.8, 4) is 0 Å². The van der Waals surface area contributed by atoms with Crippen molar-refractivity contribution < 1.29 is 4.79 Å². The Labute approximate surface area is 83.5 Å². The molecule has 0 heterocycles. The predicted molar refractivity (Wildman–Crippen MR) is 57.8 cm³/mol. The molecule has 0 radical (unpaired) electrons. The molecule has 0 amide bonds. The van der Waals surface area contributed by atoms with Crippen molar-refractivity contribution >= 4 is 17.5 Å². The highest BCUT2D eigenvalue weighted by Gasteiger charge is 2.10. The second-order valence-corrected chi connectivity index (χ2v) is 4.08. The highest BCUT2D eigenvalue weighted by Crippen LogP contribution is 2.11. The monoisotopic (exact) mass is 197 g/mol. The molecule has 1 aliphatic carbocycles. The maximum atomic E-state index is 10.9. The zero-order chi connectivity index (χ0) is 9.52. The van der Waals surface area contributed by atoms with E-state index in [9.17, 15) is 4.79 Å². The summed E-state index contributed by atoms with van der Waals surface area (Å²) in [5.74, 6) is 2.32. The van der Waals surface area contributed by atoms with Crippen LogP contribution in [0.15, 0.2) is 24.4 Å². The van der Waals surface area contributed by atoms with Crippen molar-refractivity contribution in [2.45, 2.75) is 12.8 Å². The number of carbonyl (C=O) groups is 1. The fraction of sp³-hybridized carbons (Fsp3) is 0.500. The molecule has 1 rings (SSSR count). The van der Waals surface area contributed by atoms with Crippen molar-refractivity contribution in [3.63, 3.8) is 0 Å². The molecule has 0 saturated carbocycles. The van der Waals surface area contributed by atoms with Gasteiger partial charge in [0.2, 0.25) is 0 Å². The maximum absolute atomic E-state index is 10.9. The molecular weight excluding hydrogens is 182 g/mol. The first-order chi connectivity index (χ1) is 6.33. The van der Waals surface area contributed by atoms with Crippen LogP contribution in [0.3, 0.4) is 0 Å². The van der Waals surface area contributed by atoms with E-state index >= 15 is 0 Å². The standard InChI is InChI=1S/C10H15NOS/c1-2-6-13-7-5-11-9-3-4-10(12)8-9/h2,8,11H,1,3-7H2. The van der Waals surface area contributed by atoms with Crippen LogP contribution in [0.25, 0.3) is 0 Å². The number of ketones is 1. The third-order valence-electron chi connectivity index (χ3n) is 1.81. The van der Waals surface area contributed by atoms with Crippen molar-refractivity contribution in [1.82, 2.24) is 5.32 Å². The van der Waals surface area contributed by atoms with E-state index < -0.39 is 0 Å². The lowest BCUT2D eigenvalue weighted by molar-refractivity contribution is -0.114. The molecular formula is C10H15NOS. The Morgan fingerprint density at radius 3 is 3.08 bits per heavy atom. The van der Waals surface area contributed by atoms with Crippen LogP contribution < -0.4 is 5.32 Å². The van der Waals surface area contributed by atoms with Gasteiger partial charge >= 0.3 is 0 Å². The van der Waals surface area contributed by atoms with Gasteiger partial charge in [0.15, 0.2) is 5.78 Å². The molecule has 0 atom stereocenters. The zero-order valence-electron chi connectivity index (χ0n) is 7.71. The molecule has 0 spiro atoms. The van der Waals surface area contributed by atoms with Gasteiger partial charge in [0.1, 0.15) is 0 Å². The zero-order valence-corrected chi connectivity index (χ0v) is 8.53. The fourth-order valence-electron chi connectivity index (χ4n) is 1.19. The largest absolute Gasteiger partial charge is 0.387 e. The molecule has 0 aromatic rings. The van der Waals surface area contributed by atoms with Gasteiger partial charge in [-0.05, 0) is 6.42 Å². The highest BCUT2D eigenvalue weighted by atomic mass is 32.2. The Balaban J connectivity index is 2.03. The summed E-state index contributed by atoms with van der Waals surface area (Å²) in [7, 11) is 0. The van der Waals surface area contributed by atoms with Crippen molar-refractivity contribution in [3.05, 3.63) is 24.4 Å². The Kier molecular flexibility index (Phi) is 4.68. The van der Waals surface area contributed by atoms with Crippen LogP contribution in [-0.4, -0.2) is 23.8 Å². The van der Waals surface area contributed by atoms with Crippen LogP contribution in [0.5, 0.6) is 0 Å². The lowest BCUT2D eigenvalue weighted by Gasteiger charge is -2.04. The van der Waals surface area contributed by atoms with E-state index in [1.54, 1.807) is 6.08 Å². The van der Waals surface area contributed by atoms with Gasteiger partial charge in [0, 0.05) is 36.2 Å². The fourth-order valence-corrected chi connectivity index (χ4v) is 1.77. The second kappa shape index (κ2) is 5.86. The van der Waals surface area contributed by atoms with Crippen molar-refractivity contribution in [2.24, 2.45) is 0 Å². The number of carbonyl (C=O) groups excluding carboxylic acids is 1. The van der Waals surface area contributed by atoms with Gasteiger partial charge in [0.25, 0.3) is 0 Å². The average Bonchev–Trinajstić information content (AvgIpc) is 2.51. The smallest absolute Gasteiger partial charge is 0.157 e. The Morgan fingerprint density at radius 1 is 1.62 bits per heavy atom. The van der Waals surface area contributed by atoms with Crippen LogP contribution in [0.1, 0.15) is 12.8 Å². The Hall–Kier alpha value is -0.700. The third-order valence-corrected chi connectivity index (χ3v) is 2.77.